The minimum atomic E-state index is -0.891. The highest BCUT2D eigenvalue weighted by atomic mass is 19.1. The predicted octanol–water partition coefficient (Wildman–Crippen LogP) is 6.44. The Balaban J connectivity index is 1.11. The lowest BCUT2D eigenvalue weighted by Crippen LogP contribution is -2.50. The van der Waals surface area contributed by atoms with Crippen molar-refractivity contribution in [2.75, 3.05) is 37.8 Å². The van der Waals surface area contributed by atoms with Gasteiger partial charge in [0, 0.05) is 43.2 Å². The van der Waals surface area contributed by atoms with Gasteiger partial charge in [-0.15, -0.1) is 0 Å². The molecule has 6 heterocycles. The Kier molecular flexibility index (Phi) is 9.01. The van der Waals surface area contributed by atoms with Crippen molar-refractivity contribution in [2.24, 2.45) is 13.0 Å². The highest BCUT2D eigenvalue weighted by Crippen LogP contribution is 2.38. The van der Waals surface area contributed by atoms with Crippen LogP contribution in [0, 0.1) is 5.92 Å². The van der Waals surface area contributed by atoms with Crippen LogP contribution >= 0.6 is 0 Å². The number of hydrogen-bond donors (Lipinski definition) is 1. The molecule has 0 spiro atoms. The first-order valence-electron chi connectivity index (χ1n) is 18.7. The lowest BCUT2D eigenvalue weighted by atomic mass is 9.97. The quantitative estimate of drug-likeness (QED) is 0.173. The van der Waals surface area contributed by atoms with Crippen LogP contribution in [0.15, 0.2) is 42.5 Å². The van der Waals surface area contributed by atoms with Crippen LogP contribution in [0.1, 0.15) is 62.2 Å². The molecule has 1 saturated heterocycles. The van der Waals surface area contributed by atoms with Gasteiger partial charge in [-0.05, 0) is 100 Å². The number of benzene rings is 1. The number of pyridine rings is 2. The molecule has 0 bridgehead atoms. The third-order valence-corrected chi connectivity index (χ3v) is 10.3. The fourth-order valence-electron chi connectivity index (χ4n) is 7.44. The molecule has 1 atom stereocenters. The van der Waals surface area contributed by atoms with Crippen molar-refractivity contribution in [3.63, 3.8) is 0 Å². The molecular weight excluding hydrogens is 691 g/mol. The van der Waals surface area contributed by atoms with Gasteiger partial charge in [0.1, 0.15) is 30.3 Å². The van der Waals surface area contributed by atoms with E-state index in [9.17, 15) is 18.8 Å². The number of halogens is 1. The number of nitrogens with zero attached hydrogens (tertiary/aromatic N) is 7. The fourth-order valence-corrected chi connectivity index (χ4v) is 7.44. The van der Waals surface area contributed by atoms with Crippen LogP contribution in [0.5, 0.6) is 0 Å². The van der Waals surface area contributed by atoms with Crippen LogP contribution in [0.2, 0.25) is 0 Å². The summed E-state index contributed by atoms with van der Waals surface area (Å²) in [5.41, 5.74) is 6.71. The summed E-state index contributed by atoms with van der Waals surface area (Å²) in [6, 6.07) is 13.1. The van der Waals surface area contributed by atoms with Crippen molar-refractivity contribution in [1.82, 2.24) is 34.3 Å². The Morgan fingerprint density at radius 1 is 1.06 bits per heavy atom. The third-order valence-electron chi connectivity index (χ3n) is 10.3. The minimum absolute atomic E-state index is 0.0306. The van der Waals surface area contributed by atoms with E-state index in [2.05, 4.69) is 26.6 Å². The summed E-state index contributed by atoms with van der Waals surface area (Å²) < 4.78 is 28.8. The zero-order valence-corrected chi connectivity index (χ0v) is 31.3. The van der Waals surface area contributed by atoms with E-state index in [0.717, 1.165) is 70.0 Å². The van der Waals surface area contributed by atoms with Crippen molar-refractivity contribution in [2.45, 2.75) is 71.6 Å². The van der Waals surface area contributed by atoms with Crippen LogP contribution in [-0.2, 0) is 35.9 Å². The Morgan fingerprint density at radius 3 is 2.57 bits per heavy atom. The van der Waals surface area contributed by atoms with Crippen molar-refractivity contribution in [3.8, 4) is 22.8 Å². The van der Waals surface area contributed by atoms with E-state index in [1.54, 1.807) is 30.6 Å². The average molecular weight is 737 g/mol. The summed E-state index contributed by atoms with van der Waals surface area (Å²) in [5.74, 6) is 1.69. The van der Waals surface area contributed by atoms with Gasteiger partial charge in [-0.2, -0.15) is 0 Å². The summed E-state index contributed by atoms with van der Waals surface area (Å²) in [4.78, 5) is 56.6. The molecule has 3 aliphatic rings. The van der Waals surface area contributed by atoms with Gasteiger partial charge in [0.05, 0.1) is 40.7 Å². The lowest BCUT2D eigenvalue weighted by Gasteiger charge is -2.31. The maximum Gasteiger partial charge on any atom is 0.415 e. The number of anilines is 1. The largest absolute Gasteiger partial charge is 0.447 e. The number of alkyl halides is 1. The Labute approximate surface area is 312 Å². The van der Waals surface area contributed by atoms with E-state index in [0.29, 0.717) is 55.4 Å². The van der Waals surface area contributed by atoms with Crippen LogP contribution < -0.4 is 10.2 Å². The van der Waals surface area contributed by atoms with E-state index in [4.69, 9.17) is 24.4 Å². The summed E-state index contributed by atoms with van der Waals surface area (Å²) in [7, 11) is 2.00. The number of cyclic esters (lactones) is 1. The van der Waals surface area contributed by atoms with Crippen LogP contribution in [0.3, 0.4) is 0 Å². The Hall–Kier alpha value is -5.53. The van der Waals surface area contributed by atoms with Gasteiger partial charge in [-0.1, -0.05) is 6.92 Å². The third kappa shape index (κ3) is 6.73. The summed E-state index contributed by atoms with van der Waals surface area (Å²) in [6.07, 6.45) is 2.49. The molecule has 0 unspecified atom stereocenters. The summed E-state index contributed by atoms with van der Waals surface area (Å²) >= 11 is 0. The molecule has 3 amide bonds. The molecule has 2 fully saturated rings. The van der Waals surface area contributed by atoms with E-state index < -0.39 is 24.4 Å². The maximum absolute atomic E-state index is 14.0. The second-order valence-corrected chi connectivity index (χ2v) is 15.5. The second-order valence-electron chi connectivity index (χ2n) is 15.5. The predicted molar refractivity (Wildman–Crippen MR) is 202 cm³/mol. The summed E-state index contributed by atoms with van der Waals surface area (Å²) in [6.45, 7) is 8.51. The van der Waals surface area contributed by atoms with Gasteiger partial charge >= 0.3 is 12.2 Å². The van der Waals surface area contributed by atoms with Gasteiger partial charge in [-0.25, -0.2) is 28.9 Å². The van der Waals surface area contributed by atoms with E-state index in [-0.39, 0.29) is 18.5 Å². The number of carbonyl (C=O) groups is 3. The van der Waals surface area contributed by atoms with E-state index in [1.807, 2.05) is 44.3 Å². The number of aryl methyl sites for hydroxylation is 2. The summed E-state index contributed by atoms with van der Waals surface area (Å²) in [5, 5.41) is 3.56. The molecule has 1 aromatic carbocycles. The molecule has 4 aromatic heterocycles. The maximum atomic E-state index is 14.0. The minimum Gasteiger partial charge on any atom is -0.447 e. The number of imidazole rings is 1. The van der Waals surface area contributed by atoms with Crippen molar-refractivity contribution in [3.05, 3.63) is 59.3 Å². The topological polar surface area (TPSA) is 137 Å². The standard InChI is InChI=1S/C40H45FN8O5/c1-6-29-27(10-12-34(43-29)48-15-16-53-39(48)52)30-11-9-25-18-33(49(35(25)44-30)21-23-7-8-23)36-45-31-19-28-24(17-32(31)46(36)5)13-14-47(37(28)50)22-26(20-41)42-38(51)54-40(2,3)4/h9-12,17-19,23,26H,6-8,13-16,20-22H2,1-5H3,(H,42,51)/t26-/m1/s1. The number of fused-ring (bicyclic) bond motifs is 3. The fraction of sp³-hybridized carbons (Fsp3) is 0.450. The number of ether oxygens (including phenoxy) is 2. The zero-order valence-electron chi connectivity index (χ0n) is 31.3. The SMILES string of the molecule is CCc1nc(N2CCOC2=O)ccc1-c1ccc2cc(-c3nc4cc5c(cc4n3C)CCN(C[C@@H](CF)NC(=O)OC(C)(C)C)C5=O)n(CC3CC3)c2n1. The van der Waals surface area contributed by atoms with Crippen LogP contribution in [0.25, 0.3) is 44.8 Å². The number of amides is 3. The van der Waals surface area contributed by atoms with Crippen molar-refractivity contribution >= 4 is 46.0 Å². The monoisotopic (exact) mass is 736 g/mol. The molecule has 1 aliphatic carbocycles. The lowest BCUT2D eigenvalue weighted by molar-refractivity contribution is 0.0466. The number of rotatable bonds is 10. The molecule has 14 heteroatoms. The first-order valence-corrected chi connectivity index (χ1v) is 18.7. The molecule has 1 saturated carbocycles. The number of carbonyl (C=O) groups excluding carboxylic acids is 3. The number of alkyl carbamates (subject to hydrolysis) is 1. The van der Waals surface area contributed by atoms with Gasteiger partial charge in [0.25, 0.3) is 5.91 Å². The highest BCUT2D eigenvalue weighted by Gasteiger charge is 2.31. The van der Waals surface area contributed by atoms with E-state index in [1.165, 1.54) is 0 Å². The van der Waals surface area contributed by atoms with Crippen LogP contribution in [0.4, 0.5) is 19.8 Å². The number of nitrogens with one attached hydrogen (secondary N) is 1. The number of aromatic nitrogens is 5. The Morgan fingerprint density at radius 2 is 1.87 bits per heavy atom. The van der Waals surface area contributed by atoms with Gasteiger partial charge in [0.15, 0.2) is 5.82 Å². The molecular formula is C40H45FN8O5. The average Bonchev–Trinajstić information content (AvgIpc) is 3.62. The molecule has 1 N–H and O–H groups in total. The molecule has 13 nitrogen and oxygen atoms in total. The Bertz CT molecular complexity index is 2300. The second kappa shape index (κ2) is 13.7. The van der Waals surface area contributed by atoms with Crippen LogP contribution in [-0.4, -0.2) is 91.6 Å². The zero-order chi connectivity index (χ0) is 37.9. The molecule has 2 aliphatic heterocycles. The first-order chi connectivity index (χ1) is 25.9. The van der Waals surface area contributed by atoms with Crippen molar-refractivity contribution in [1.29, 1.82) is 0 Å². The van der Waals surface area contributed by atoms with Gasteiger partial charge < -0.3 is 28.8 Å². The van der Waals surface area contributed by atoms with Crippen molar-refractivity contribution < 1.29 is 28.2 Å². The molecule has 8 rings (SSSR count). The van der Waals surface area contributed by atoms with E-state index >= 15 is 0 Å². The molecule has 0 radical (unpaired) electrons. The first kappa shape index (κ1) is 35.5. The van der Waals surface area contributed by atoms with Gasteiger partial charge in [-0.3, -0.25) is 9.69 Å². The normalized spacial score (nSPS) is 16.6. The highest BCUT2D eigenvalue weighted by molar-refractivity contribution is 6.01. The molecule has 5 aromatic rings. The van der Waals surface area contributed by atoms with Gasteiger partial charge in [0.2, 0.25) is 0 Å². The number of hydrogen-bond acceptors (Lipinski definition) is 8. The smallest absolute Gasteiger partial charge is 0.415 e. The molecule has 282 valence electrons. The molecule has 54 heavy (non-hydrogen) atoms.